The van der Waals surface area contributed by atoms with Gasteiger partial charge in [-0.05, 0) is 56.5 Å². The summed E-state index contributed by atoms with van der Waals surface area (Å²) in [5, 5.41) is 3.63. The highest BCUT2D eigenvalue weighted by Gasteiger charge is 2.27. The lowest BCUT2D eigenvalue weighted by atomic mass is 10.2. The highest BCUT2D eigenvalue weighted by Crippen LogP contribution is 2.30. The van der Waals surface area contributed by atoms with Gasteiger partial charge in [0.15, 0.2) is 5.16 Å². The molecule has 150 valence electrons. The van der Waals surface area contributed by atoms with Crippen molar-refractivity contribution in [3.8, 4) is 11.4 Å². The fourth-order valence-electron chi connectivity index (χ4n) is 3.14. The van der Waals surface area contributed by atoms with Crippen LogP contribution < -0.4 is 15.6 Å². The third-order valence-electron chi connectivity index (χ3n) is 4.90. The molecule has 4 rings (SSSR count). The second kappa shape index (κ2) is 7.91. The molecule has 6 nitrogen and oxygen atoms in total. The summed E-state index contributed by atoms with van der Waals surface area (Å²) in [6.45, 7) is 3.79. The second-order valence-electron chi connectivity index (χ2n) is 7.27. The fraction of sp³-hybridized carbons (Fsp3) is 0.318. The van der Waals surface area contributed by atoms with Crippen LogP contribution in [0.5, 0.6) is 5.75 Å². The largest absolute Gasteiger partial charge is 0.495 e. The molecular formula is C22H23N3O3S. The maximum absolute atomic E-state index is 13.4. The van der Waals surface area contributed by atoms with Crippen LogP contribution in [0, 0.1) is 6.92 Å². The van der Waals surface area contributed by atoms with Crippen molar-refractivity contribution in [3.05, 3.63) is 58.4 Å². The number of methoxy groups -OCH3 is 1. The fourth-order valence-corrected chi connectivity index (χ4v) is 4.07. The first-order valence-corrected chi connectivity index (χ1v) is 10.5. The maximum atomic E-state index is 13.4. The zero-order valence-electron chi connectivity index (χ0n) is 16.6. The first-order chi connectivity index (χ1) is 14.0. The van der Waals surface area contributed by atoms with Gasteiger partial charge in [0, 0.05) is 6.04 Å². The molecule has 1 heterocycles. The number of amides is 1. The number of hydrogen-bond donors (Lipinski definition) is 1. The van der Waals surface area contributed by atoms with Gasteiger partial charge in [0.1, 0.15) is 5.75 Å². The molecule has 0 unspecified atom stereocenters. The van der Waals surface area contributed by atoms with Crippen LogP contribution in [0.2, 0.25) is 0 Å². The Morgan fingerprint density at radius 3 is 2.76 bits per heavy atom. The number of carbonyl (C=O) groups excluding carboxylic acids is 1. The van der Waals surface area contributed by atoms with Crippen molar-refractivity contribution in [2.75, 3.05) is 7.11 Å². The van der Waals surface area contributed by atoms with E-state index in [1.807, 2.05) is 50.2 Å². The van der Waals surface area contributed by atoms with Crippen molar-refractivity contribution in [2.45, 2.75) is 43.1 Å². The Hall–Kier alpha value is -2.80. The minimum Gasteiger partial charge on any atom is -0.495 e. The minimum absolute atomic E-state index is 0.0392. The molecule has 0 bridgehead atoms. The molecule has 0 saturated heterocycles. The molecule has 2 aromatic carbocycles. The van der Waals surface area contributed by atoms with Gasteiger partial charge in [0.05, 0.1) is 29.0 Å². The van der Waals surface area contributed by atoms with E-state index >= 15 is 0 Å². The predicted molar refractivity (Wildman–Crippen MR) is 115 cm³/mol. The molecule has 1 atom stereocenters. The van der Waals surface area contributed by atoms with E-state index in [1.165, 1.54) is 11.8 Å². The van der Waals surface area contributed by atoms with E-state index in [0.717, 1.165) is 18.4 Å². The first-order valence-electron chi connectivity index (χ1n) is 9.62. The Bertz CT molecular complexity index is 1140. The van der Waals surface area contributed by atoms with E-state index in [-0.39, 0.29) is 22.8 Å². The van der Waals surface area contributed by atoms with Gasteiger partial charge in [-0.25, -0.2) is 4.98 Å². The quantitative estimate of drug-likeness (QED) is 0.499. The molecule has 7 heteroatoms. The van der Waals surface area contributed by atoms with Crippen molar-refractivity contribution >= 4 is 28.6 Å². The summed E-state index contributed by atoms with van der Waals surface area (Å²) >= 11 is 1.28. The molecule has 1 aliphatic carbocycles. The van der Waals surface area contributed by atoms with Crippen molar-refractivity contribution in [2.24, 2.45) is 0 Å². The standard InChI is InChI=1S/C22H23N3O3S/c1-13-8-11-19(28-3)18(12-13)25-21(27)16-6-4-5-7-17(16)24-22(25)29-14(2)20(26)23-15-9-10-15/h4-8,11-12,14-15H,9-10H2,1-3H3,(H,23,26)/t14-/m1/s1. The lowest BCUT2D eigenvalue weighted by molar-refractivity contribution is -0.120. The van der Waals surface area contributed by atoms with Crippen LogP contribution >= 0.6 is 11.8 Å². The summed E-state index contributed by atoms with van der Waals surface area (Å²) < 4.78 is 7.07. The Morgan fingerprint density at radius 1 is 1.28 bits per heavy atom. The monoisotopic (exact) mass is 409 g/mol. The lowest BCUT2D eigenvalue weighted by Gasteiger charge is -2.18. The zero-order chi connectivity index (χ0) is 20.5. The Labute approximate surface area is 173 Å². The number of fused-ring (bicyclic) bond motifs is 1. The maximum Gasteiger partial charge on any atom is 0.266 e. The number of nitrogens with zero attached hydrogens (tertiary/aromatic N) is 2. The summed E-state index contributed by atoms with van der Waals surface area (Å²) in [5.74, 6) is 0.536. The van der Waals surface area contributed by atoms with Gasteiger partial charge in [-0.2, -0.15) is 0 Å². The number of benzene rings is 2. The number of ether oxygens (including phenoxy) is 1. The Balaban J connectivity index is 1.86. The van der Waals surface area contributed by atoms with E-state index in [2.05, 4.69) is 5.32 Å². The number of rotatable bonds is 6. The average molecular weight is 410 g/mol. The summed E-state index contributed by atoms with van der Waals surface area (Å²) in [7, 11) is 1.58. The summed E-state index contributed by atoms with van der Waals surface area (Å²) in [4.78, 5) is 30.6. The van der Waals surface area contributed by atoms with Crippen molar-refractivity contribution < 1.29 is 9.53 Å². The first kappa shape index (κ1) is 19.5. The number of thioether (sulfide) groups is 1. The van der Waals surface area contributed by atoms with Gasteiger partial charge in [-0.15, -0.1) is 0 Å². The van der Waals surface area contributed by atoms with Crippen molar-refractivity contribution in [1.29, 1.82) is 0 Å². The third-order valence-corrected chi connectivity index (χ3v) is 5.95. The molecule has 1 fully saturated rings. The molecule has 1 amide bonds. The van der Waals surface area contributed by atoms with Gasteiger partial charge in [0.25, 0.3) is 5.56 Å². The zero-order valence-corrected chi connectivity index (χ0v) is 17.5. The topological polar surface area (TPSA) is 73.2 Å². The average Bonchev–Trinajstić information content (AvgIpc) is 3.52. The second-order valence-corrected chi connectivity index (χ2v) is 8.58. The normalized spacial score (nSPS) is 14.6. The highest BCUT2D eigenvalue weighted by atomic mass is 32.2. The van der Waals surface area contributed by atoms with Crippen LogP contribution in [0.4, 0.5) is 0 Å². The lowest BCUT2D eigenvalue weighted by Crippen LogP contribution is -2.33. The molecule has 1 N–H and O–H groups in total. The van der Waals surface area contributed by atoms with Crippen LogP contribution in [0.15, 0.2) is 52.4 Å². The molecule has 3 aromatic rings. The molecule has 0 aliphatic heterocycles. The van der Waals surface area contributed by atoms with Crippen LogP contribution in [-0.4, -0.2) is 33.9 Å². The molecule has 0 spiro atoms. The van der Waals surface area contributed by atoms with E-state index in [9.17, 15) is 9.59 Å². The molecule has 0 radical (unpaired) electrons. The summed E-state index contributed by atoms with van der Waals surface area (Å²) in [5.41, 5.74) is 2.04. The number of aromatic nitrogens is 2. The highest BCUT2D eigenvalue weighted by molar-refractivity contribution is 8.00. The third kappa shape index (κ3) is 4.00. The van der Waals surface area contributed by atoms with E-state index in [4.69, 9.17) is 9.72 Å². The molecule has 29 heavy (non-hydrogen) atoms. The smallest absolute Gasteiger partial charge is 0.266 e. The van der Waals surface area contributed by atoms with E-state index in [1.54, 1.807) is 17.7 Å². The van der Waals surface area contributed by atoms with E-state index < -0.39 is 0 Å². The number of carbonyl (C=O) groups is 1. The Kier molecular flexibility index (Phi) is 5.32. The predicted octanol–water partition coefficient (Wildman–Crippen LogP) is 3.46. The molecule has 1 aliphatic rings. The molecular weight excluding hydrogens is 386 g/mol. The number of hydrogen-bond acceptors (Lipinski definition) is 5. The summed E-state index contributed by atoms with van der Waals surface area (Å²) in [6.07, 6.45) is 2.06. The van der Waals surface area contributed by atoms with Crippen LogP contribution in [0.3, 0.4) is 0 Å². The molecule has 1 aromatic heterocycles. The summed E-state index contributed by atoms with van der Waals surface area (Å²) in [6, 6.07) is 13.2. The van der Waals surface area contributed by atoms with Gasteiger partial charge in [-0.1, -0.05) is 30.0 Å². The SMILES string of the molecule is COc1ccc(C)cc1-n1c(S[C@H](C)C(=O)NC2CC2)nc2ccccc2c1=O. The van der Waals surface area contributed by atoms with Gasteiger partial charge < -0.3 is 10.1 Å². The van der Waals surface area contributed by atoms with Crippen LogP contribution in [0.1, 0.15) is 25.3 Å². The minimum atomic E-state index is -0.384. The molecule has 1 saturated carbocycles. The van der Waals surface area contributed by atoms with Crippen LogP contribution in [0.25, 0.3) is 16.6 Å². The van der Waals surface area contributed by atoms with E-state index in [0.29, 0.717) is 27.5 Å². The van der Waals surface area contributed by atoms with Gasteiger partial charge in [0.2, 0.25) is 5.91 Å². The number of para-hydroxylation sites is 1. The van der Waals surface area contributed by atoms with Crippen LogP contribution in [-0.2, 0) is 4.79 Å². The Morgan fingerprint density at radius 2 is 2.03 bits per heavy atom. The number of nitrogens with one attached hydrogen (secondary N) is 1. The van der Waals surface area contributed by atoms with Crippen molar-refractivity contribution in [3.63, 3.8) is 0 Å². The number of aryl methyl sites for hydroxylation is 1. The van der Waals surface area contributed by atoms with Crippen molar-refractivity contribution in [1.82, 2.24) is 14.9 Å². The van der Waals surface area contributed by atoms with Gasteiger partial charge in [-0.3, -0.25) is 14.2 Å². The van der Waals surface area contributed by atoms with Gasteiger partial charge >= 0.3 is 0 Å².